The van der Waals surface area contributed by atoms with Gasteiger partial charge in [-0.15, -0.1) is 0 Å². The van der Waals surface area contributed by atoms with E-state index >= 15 is 0 Å². The van der Waals surface area contributed by atoms with Gasteiger partial charge in [0.2, 0.25) is 5.95 Å². The monoisotopic (exact) mass is 249 g/mol. The first-order valence-corrected chi connectivity index (χ1v) is 5.13. The molecular weight excluding hydrogens is 237 g/mol. The molecule has 94 valence electrons. The van der Waals surface area contributed by atoms with Crippen LogP contribution in [0.2, 0.25) is 0 Å². The summed E-state index contributed by atoms with van der Waals surface area (Å²) in [5.74, 6) is 6.02. The number of methoxy groups -OCH3 is 1. The fourth-order valence-corrected chi connectivity index (χ4v) is 1.40. The molecule has 7 heteroatoms. The third-order valence-electron chi connectivity index (χ3n) is 2.21. The van der Waals surface area contributed by atoms with Gasteiger partial charge in [-0.05, 0) is 18.2 Å². The lowest BCUT2D eigenvalue weighted by Gasteiger charge is -2.10. The molecule has 0 saturated carbocycles. The van der Waals surface area contributed by atoms with Gasteiger partial charge >= 0.3 is 0 Å². The maximum atomic E-state index is 13.0. The molecule has 0 aliphatic carbocycles. The molecule has 0 amide bonds. The molecule has 0 aliphatic rings. The first-order valence-electron chi connectivity index (χ1n) is 5.13. The maximum absolute atomic E-state index is 13.0. The Labute approximate surface area is 103 Å². The topological polar surface area (TPSA) is 85.1 Å². The van der Waals surface area contributed by atoms with Crippen LogP contribution < -0.4 is 21.3 Å². The average Bonchev–Trinajstić information content (AvgIpc) is 2.41. The summed E-state index contributed by atoms with van der Waals surface area (Å²) in [7, 11) is 1.47. The van der Waals surface area contributed by atoms with Crippen LogP contribution >= 0.6 is 0 Å². The van der Waals surface area contributed by atoms with Gasteiger partial charge in [0.05, 0.1) is 12.8 Å². The molecule has 1 aromatic heterocycles. The lowest BCUT2D eigenvalue weighted by molar-refractivity contribution is 0.413. The average molecular weight is 249 g/mol. The molecule has 0 spiro atoms. The zero-order chi connectivity index (χ0) is 13.0. The number of ether oxygens (including phenoxy) is 1. The van der Waals surface area contributed by atoms with E-state index < -0.39 is 0 Å². The molecule has 0 radical (unpaired) electrons. The largest absolute Gasteiger partial charge is 0.494 e. The Morgan fingerprint density at radius 1 is 1.33 bits per heavy atom. The molecule has 4 N–H and O–H groups in total. The molecule has 0 aliphatic heterocycles. The minimum Gasteiger partial charge on any atom is -0.494 e. The van der Waals surface area contributed by atoms with Gasteiger partial charge < -0.3 is 10.1 Å². The second kappa shape index (κ2) is 5.28. The van der Waals surface area contributed by atoms with Crippen LogP contribution in [0.1, 0.15) is 0 Å². The van der Waals surface area contributed by atoms with E-state index in [9.17, 15) is 4.39 Å². The van der Waals surface area contributed by atoms with E-state index in [1.165, 1.54) is 19.2 Å². The summed E-state index contributed by atoms with van der Waals surface area (Å²) < 4.78 is 18.1. The number of nitrogens with one attached hydrogen (secondary N) is 2. The zero-order valence-electron chi connectivity index (χ0n) is 9.64. The Morgan fingerprint density at radius 3 is 2.89 bits per heavy atom. The number of nitrogen functional groups attached to an aromatic ring is 1. The predicted molar refractivity (Wildman–Crippen MR) is 66.1 cm³/mol. The summed E-state index contributed by atoms with van der Waals surface area (Å²) in [5.41, 5.74) is 2.94. The Morgan fingerprint density at radius 2 is 2.17 bits per heavy atom. The highest BCUT2D eigenvalue weighted by molar-refractivity contribution is 5.64. The SMILES string of the molecule is COc1cc(F)ccc1Nc1ccnc(NN)n1. The van der Waals surface area contributed by atoms with Crippen molar-refractivity contribution in [1.82, 2.24) is 9.97 Å². The van der Waals surface area contributed by atoms with E-state index in [0.717, 1.165) is 0 Å². The highest BCUT2D eigenvalue weighted by Gasteiger charge is 2.06. The van der Waals surface area contributed by atoms with Gasteiger partial charge in [-0.2, -0.15) is 4.98 Å². The first-order chi connectivity index (χ1) is 8.72. The van der Waals surface area contributed by atoms with Gasteiger partial charge in [0, 0.05) is 12.3 Å². The number of halogens is 1. The summed E-state index contributed by atoms with van der Waals surface area (Å²) in [5, 5.41) is 2.99. The van der Waals surface area contributed by atoms with Crippen molar-refractivity contribution in [2.75, 3.05) is 17.9 Å². The third-order valence-corrected chi connectivity index (χ3v) is 2.21. The molecule has 0 unspecified atom stereocenters. The minimum absolute atomic E-state index is 0.279. The Bertz CT molecular complexity index is 549. The molecule has 0 bridgehead atoms. The molecule has 0 atom stereocenters. The van der Waals surface area contributed by atoms with Crippen LogP contribution in [-0.2, 0) is 0 Å². The third kappa shape index (κ3) is 2.64. The van der Waals surface area contributed by atoms with Crippen molar-refractivity contribution in [2.45, 2.75) is 0 Å². The number of hydrogen-bond acceptors (Lipinski definition) is 6. The summed E-state index contributed by atoms with van der Waals surface area (Å²) in [6.45, 7) is 0. The highest BCUT2D eigenvalue weighted by atomic mass is 19.1. The summed E-state index contributed by atoms with van der Waals surface area (Å²) in [4.78, 5) is 7.95. The lowest BCUT2D eigenvalue weighted by atomic mass is 10.3. The fourth-order valence-electron chi connectivity index (χ4n) is 1.40. The summed E-state index contributed by atoms with van der Waals surface area (Å²) >= 11 is 0. The van der Waals surface area contributed by atoms with E-state index in [2.05, 4.69) is 20.7 Å². The Hall–Kier alpha value is -2.41. The summed E-state index contributed by atoms with van der Waals surface area (Å²) in [6.07, 6.45) is 1.54. The van der Waals surface area contributed by atoms with Crippen molar-refractivity contribution in [1.29, 1.82) is 0 Å². The van der Waals surface area contributed by atoms with Crippen LogP contribution in [0.4, 0.5) is 21.8 Å². The number of hydrogen-bond donors (Lipinski definition) is 3. The maximum Gasteiger partial charge on any atom is 0.239 e. The van der Waals surface area contributed by atoms with Gasteiger partial charge in [-0.3, -0.25) is 5.43 Å². The predicted octanol–water partition coefficient (Wildman–Crippen LogP) is 1.65. The molecule has 1 aromatic carbocycles. The molecule has 0 fully saturated rings. The van der Waals surface area contributed by atoms with Crippen molar-refractivity contribution >= 4 is 17.5 Å². The van der Waals surface area contributed by atoms with Crippen molar-refractivity contribution < 1.29 is 9.13 Å². The quantitative estimate of drug-likeness (QED) is 0.564. The number of benzene rings is 1. The standard InChI is InChI=1S/C11H12FN5O/c1-18-9-6-7(12)2-3-8(9)15-10-4-5-14-11(16-10)17-13/h2-6H,13H2,1H3,(H2,14,15,16,17). The zero-order valence-corrected chi connectivity index (χ0v) is 9.64. The van der Waals surface area contributed by atoms with Crippen LogP contribution in [0, 0.1) is 5.82 Å². The number of nitrogens with zero attached hydrogens (tertiary/aromatic N) is 2. The van der Waals surface area contributed by atoms with Crippen LogP contribution in [-0.4, -0.2) is 17.1 Å². The summed E-state index contributed by atoms with van der Waals surface area (Å²) in [6, 6.07) is 5.83. The number of nitrogens with two attached hydrogens (primary N) is 1. The van der Waals surface area contributed by atoms with Crippen molar-refractivity contribution in [3.63, 3.8) is 0 Å². The Balaban J connectivity index is 2.27. The minimum atomic E-state index is -0.371. The van der Waals surface area contributed by atoms with Crippen molar-refractivity contribution in [3.8, 4) is 5.75 Å². The molecular formula is C11H12FN5O. The molecule has 0 saturated heterocycles. The van der Waals surface area contributed by atoms with Crippen LogP contribution in [0.15, 0.2) is 30.5 Å². The van der Waals surface area contributed by atoms with E-state index in [-0.39, 0.29) is 11.8 Å². The molecule has 1 heterocycles. The van der Waals surface area contributed by atoms with Crippen molar-refractivity contribution in [3.05, 3.63) is 36.3 Å². The van der Waals surface area contributed by atoms with E-state index in [1.807, 2.05) is 0 Å². The van der Waals surface area contributed by atoms with E-state index in [1.54, 1.807) is 18.3 Å². The fraction of sp³-hybridized carbons (Fsp3) is 0.0909. The molecule has 6 nitrogen and oxygen atoms in total. The first kappa shape index (κ1) is 12.1. The Kier molecular flexibility index (Phi) is 3.54. The second-order valence-electron chi connectivity index (χ2n) is 3.38. The van der Waals surface area contributed by atoms with E-state index in [4.69, 9.17) is 10.6 Å². The molecule has 2 rings (SSSR count). The molecule has 2 aromatic rings. The number of rotatable bonds is 4. The van der Waals surface area contributed by atoms with Gasteiger partial charge in [0.25, 0.3) is 0 Å². The number of anilines is 3. The smallest absolute Gasteiger partial charge is 0.239 e. The van der Waals surface area contributed by atoms with Gasteiger partial charge in [0.15, 0.2) is 0 Å². The van der Waals surface area contributed by atoms with Gasteiger partial charge in [-0.25, -0.2) is 15.2 Å². The highest BCUT2D eigenvalue weighted by Crippen LogP contribution is 2.27. The molecule has 18 heavy (non-hydrogen) atoms. The van der Waals surface area contributed by atoms with Gasteiger partial charge in [0.1, 0.15) is 17.4 Å². The lowest BCUT2D eigenvalue weighted by Crippen LogP contribution is -2.11. The normalized spacial score (nSPS) is 9.94. The number of hydrazine groups is 1. The van der Waals surface area contributed by atoms with Crippen LogP contribution in [0.3, 0.4) is 0 Å². The van der Waals surface area contributed by atoms with Crippen LogP contribution in [0.5, 0.6) is 5.75 Å². The van der Waals surface area contributed by atoms with Gasteiger partial charge in [-0.1, -0.05) is 0 Å². The second-order valence-corrected chi connectivity index (χ2v) is 3.38. The number of aromatic nitrogens is 2. The van der Waals surface area contributed by atoms with E-state index in [0.29, 0.717) is 17.3 Å². The van der Waals surface area contributed by atoms with Crippen molar-refractivity contribution in [2.24, 2.45) is 5.84 Å². The van der Waals surface area contributed by atoms with Crippen LogP contribution in [0.25, 0.3) is 0 Å².